The van der Waals surface area contributed by atoms with Crippen LogP contribution < -0.4 is 0 Å². The Bertz CT molecular complexity index is 1060. The van der Waals surface area contributed by atoms with E-state index in [2.05, 4.69) is 0 Å². The van der Waals surface area contributed by atoms with Crippen molar-refractivity contribution < 1.29 is 14.5 Å². The smallest absolute Gasteiger partial charge is 0.269 e. The van der Waals surface area contributed by atoms with Crippen LogP contribution >= 0.6 is 0 Å². The first-order valence-electron chi connectivity index (χ1n) is 8.26. The average molecular weight is 343 g/mol. The molecule has 5 heteroatoms. The standard InChI is InChI=1S/C21H13NO4/c23-19-17-8-4-5-9-18(17)20(14-6-2-1-3-7-14)21(19,26-20)15-10-12-16(13-11-15)22(24)25/h1-13H. The van der Waals surface area contributed by atoms with E-state index in [-0.39, 0.29) is 11.5 Å². The van der Waals surface area contributed by atoms with Crippen molar-refractivity contribution in [2.45, 2.75) is 11.2 Å². The van der Waals surface area contributed by atoms with Gasteiger partial charge in [-0.2, -0.15) is 0 Å². The van der Waals surface area contributed by atoms with Crippen LogP contribution in [0, 0.1) is 10.1 Å². The van der Waals surface area contributed by atoms with Crippen molar-refractivity contribution in [3.8, 4) is 0 Å². The Morgan fingerprint density at radius 1 is 0.769 bits per heavy atom. The molecule has 5 rings (SSSR count). The summed E-state index contributed by atoms with van der Waals surface area (Å²) < 4.78 is 6.22. The van der Waals surface area contributed by atoms with Crippen LogP contribution in [0.2, 0.25) is 0 Å². The molecule has 5 nitrogen and oxygen atoms in total. The molecule has 0 bridgehead atoms. The highest BCUT2D eigenvalue weighted by Crippen LogP contribution is 2.71. The van der Waals surface area contributed by atoms with Gasteiger partial charge >= 0.3 is 0 Å². The summed E-state index contributed by atoms with van der Waals surface area (Å²) >= 11 is 0. The Hall–Kier alpha value is -3.31. The van der Waals surface area contributed by atoms with E-state index in [0.29, 0.717) is 11.1 Å². The van der Waals surface area contributed by atoms with Crippen LogP contribution in [0.3, 0.4) is 0 Å². The number of fused-ring (bicyclic) bond motifs is 3. The molecule has 3 aromatic rings. The number of ketones is 1. The molecule has 0 spiro atoms. The lowest BCUT2D eigenvalue weighted by Gasteiger charge is -2.13. The Morgan fingerprint density at radius 2 is 1.38 bits per heavy atom. The fourth-order valence-electron chi connectivity index (χ4n) is 4.13. The number of Topliss-reactive ketones (excluding diaryl/α,β-unsaturated/α-hetero) is 1. The molecule has 1 heterocycles. The summed E-state index contributed by atoms with van der Waals surface area (Å²) in [5, 5.41) is 11.0. The number of hydrogen-bond acceptors (Lipinski definition) is 4. The highest BCUT2D eigenvalue weighted by molar-refractivity contribution is 6.12. The molecule has 0 N–H and O–H groups in total. The molecular weight excluding hydrogens is 330 g/mol. The topological polar surface area (TPSA) is 72.7 Å². The van der Waals surface area contributed by atoms with Gasteiger partial charge < -0.3 is 4.74 Å². The van der Waals surface area contributed by atoms with Gasteiger partial charge in [0, 0.05) is 23.3 Å². The lowest BCUT2D eigenvalue weighted by atomic mass is 9.81. The molecule has 3 aromatic carbocycles. The summed E-state index contributed by atoms with van der Waals surface area (Å²) in [4.78, 5) is 23.8. The van der Waals surface area contributed by atoms with E-state index in [9.17, 15) is 14.9 Å². The van der Waals surface area contributed by atoms with Gasteiger partial charge in [-0.3, -0.25) is 14.9 Å². The SMILES string of the molecule is O=C1c2ccccc2C2(c3ccccc3)OC12c1ccc([N+](=O)[O-])cc1. The van der Waals surface area contributed by atoms with Crippen LogP contribution in [-0.4, -0.2) is 10.7 Å². The van der Waals surface area contributed by atoms with Gasteiger partial charge in [0.1, 0.15) is 0 Å². The highest BCUT2D eigenvalue weighted by Gasteiger charge is 2.81. The minimum absolute atomic E-state index is 0.0147. The van der Waals surface area contributed by atoms with Crippen LogP contribution in [0.1, 0.15) is 27.0 Å². The quantitative estimate of drug-likeness (QED) is 0.410. The maximum absolute atomic E-state index is 13.3. The van der Waals surface area contributed by atoms with Gasteiger partial charge in [0.2, 0.25) is 5.78 Å². The number of ether oxygens (including phenoxy) is 1. The summed E-state index contributed by atoms with van der Waals surface area (Å²) in [5.74, 6) is -0.106. The summed E-state index contributed by atoms with van der Waals surface area (Å²) in [6, 6.07) is 23.2. The first-order valence-corrected chi connectivity index (χ1v) is 8.26. The highest BCUT2D eigenvalue weighted by atomic mass is 16.6. The van der Waals surface area contributed by atoms with Crippen LogP contribution in [0.25, 0.3) is 0 Å². The number of epoxide rings is 1. The second kappa shape index (κ2) is 4.86. The first kappa shape index (κ1) is 15.0. The normalized spacial score (nSPS) is 25.5. The predicted octanol–water partition coefficient (Wildman–Crippen LogP) is 3.96. The van der Waals surface area contributed by atoms with Gasteiger partial charge in [0.15, 0.2) is 11.2 Å². The Balaban J connectivity index is 1.75. The van der Waals surface area contributed by atoms with E-state index in [0.717, 1.165) is 11.1 Å². The summed E-state index contributed by atoms with van der Waals surface area (Å²) in [6.07, 6.45) is 0. The number of non-ortho nitro benzene ring substituents is 1. The number of nitrogens with zero attached hydrogens (tertiary/aromatic N) is 1. The average Bonchev–Trinajstić information content (AvgIpc) is 3.35. The molecule has 1 aliphatic heterocycles. The molecule has 2 unspecified atom stereocenters. The van der Waals surface area contributed by atoms with Crippen LogP contribution in [0.4, 0.5) is 5.69 Å². The maximum atomic E-state index is 13.3. The minimum atomic E-state index is -1.16. The molecule has 1 fully saturated rings. The fraction of sp³-hybridized carbons (Fsp3) is 0.0952. The lowest BCUT2D eigenvalue weighted by molar-refractivity contribution is -0.384. The molecule has 126 valence electrons. The van der Waals surface area contributed by atoms with E-state index in [1.807, 2.05) is 54.6 Å². The van der Waals surface area contributed by atoms with E-state index in [4.69, 9.17) is 4.74 Å². The number of carbonyl (C=O) groups is 1. The summed E-state index contributed by atoms with van der Waals surface area (Å²) in [7, 11) is 0. The van der Waals surface area contributed by atoms with Crippen molar-refractivity contribution in [2.75, 3.05) is 0 Å². The Kier molecular flexibility index (Phi) is 2.80. The molecular formula is C21H13NO4. The van der Waals surface area contributed by atoms with Crippen molar-refractivity contribution >= 4 is 11.5 Å². The Morgan fingerprint density at radius 3 is 2.08 bits per heavy atom. The zero-order valence-corrected chi connectivity index (χ0v) is 13.6. The van der Waals surface area contributed by atoms with Gasteiger partial charge in [-0.1, -0.05) is 54.6 Å². The van der Waals surface area contributed by atoms with Gasteiger partial charge in [0.25, 0.3) is 5.69 Å². The third kappa shape index (κ3) is 1.61. The number of nitro groups is 1. The van der Waals surface area contributed by atoms with E-state index in [1.165, 1.54) is 12.1 Å². The van der Waals surface area contributed by atoms with Gasteiger partial charge in [-0.25, -0.2) is 0 Å². The molecule has 0 saturated carbocycles. The number of nitro benzene ring substituents is 1. The van der Waals surface area contributed by atoms with Crippen LogP contribution in [-0.2, 0) is 15.9 Å². The third-order valence-electron chi connectivity index (χ3n) is 5.30. The molecule has 2 aliphatic rings. The van der Waals surface area contributed by atoms with Crippen molar-refractivity contribution in [1.29, 1.82) is 0 Å². The van der Waals surface area contributed by atoms with Crippen molar-refractivity contribution in [3.63, 3.8) is 0 Å². The van der Waals surface area contributed by atoms with Crippen molar-refractivity contribution in [1.82, 2.24) is 0 Å². The zero-order chi connectivity index (χ0) is 17.9. The molecule has 0 amide bonds. The molecule has 1 aliphatic carbocycles. The maximum Gasteiger partial charge on any atom is 0.269 e. The molecule has 0 radical (unpaired) electrons. The summed E-state index contributed by atoms with van der Waals surface area (Å²) in [5.41, 5.74) is 0.963. The van der Waals surface area contributed by atoms with E-state index in [1.54, 1.807) is 12.1 Å². The van der Waals surface area contributed by atoms with Crippen molar-refractivity contribution in [2.24, 2.45) is 0 Å². The predicted molar refractivity (Wildman–Crippen MR) is 93.9 cm³/mol. The number of hydrogen-bond donors (Lipinski definition) is 0. The molecule has 0 aromatic heterocycles. The van der Waals surface area contributed by atoms with Crippen LogP contribution in [0.5, 0.6) is 0 Å². The first-order chi connectivity index (χ1) is 12.6. The zero-order valence-electron chi connectivity index (χ0n) is 13.6. The molecule has 2 atom stereocenters. The number of carbonyl (C=O) groups excluding carboxylic acids is 1. The molecule has 26 heavy (non-hydrogen) atoms. The van der Waals surface area contributed by atoms with Crippen LogP contribution in [0.15, 0.2) is 78.9 Å². The third-order valence-corrected chi connectivity index (χ3v) is 5.30. The minimum Gasteiger partial charge on any atom is -0.338 e. The number of rotatable bonds is 3. The fourth-order valence-corrected chi connectivity index (χ4v) is 4.13. The monoisotopic (exact) mass is 343 g/mol. The summed E-state index contributed by atoms with van der Waals surface area (Å²) in [6.45, 7) is 0. The Labute approximate surface area is 149 Å². The number of benzene rings is 3. The molecule has 1 saturated heterocycles. The second-order valence-electron chi connectivity index (χ2n) is 6.51. The van der Waals surface area contributed by atoms with E-state index < -0.39 is 16.1 Å². The van der Waals surface area contributed by atoms with Gasteiger partial charge in [-0.05, 0) is 23.3 Å². The van der Waals surface area contributed by atoms with Crippen molar-refractivity contribution in [3.05, 3.63) is 111 Å². The van der Waals surface area contributed by atoms with Gasteiger partial charge in [-0.15, -0.1) is 0 Å². The largest absolute Gasteiger partial charge is 0.338 e. The van der Waals surface area contributed by atoms with E-state index >= 15 is 0 Å². The second-order valence-corrected chi connectivity index (χ2v) is 6.51. The van der Waals surface area contributed by atoms with Gasteiger partial charge in [0.05, 0.1) is 4.92 Å². The lowest BCUT2D eigenvalue weighted by Crippen LogP contribution is -2.24.